The number of aliphatic hydroxyl groups is 1. The predicted molar refractivity (Wildman–Crippen MR) is 90.2 cm³/mol. The van der Waals surface area contributed by atoms with Gasteiger partial charge in [-0.25, -0.2) is 4.79 Å². The molecule has 1 unspecified atom stereocenters. The van der Waals surface area contributed by atoms with Gasteiger partial charge in [0.05, 0.1) is 5.52 Å². The minimum atomic E-state index is -0.396. The Labute approximate surface area is 131 Å². The van der Waals surface area contributed by atoms with Crippen LogP contribution in [-0.2, 0) is 6.54 Å². The van der Waals surface area contributed by atoms with Gasteiger partial charge in [0.2, 0.25) is 0 Å². The van der Waals surface area contributed by atoms with Gasteiger partial charge in [0.25, 0.3) is 0 Å². The maximum Gasteiger partial charge on any atom is 0.319 e. The molecule has 2 aromatic rings. The number of carbonyl (C=O) groups is 1. The first-order chi connectivity index (χ1) is 10.5. The number of carbonyl (C=O) groups excluding carboxylic acids is 1. The number of anilines is 1. The molecular formula is C17H25N3O2. The highest BCUT2D eigenvalue weighted by Crippen LogP contribution is 2.21. The molecule has 0 aliphatic rings. The lowest BCUT2D eigenvalue weighted by atomic mass is 9.95. The van der Waals surface area contributed by atoms with Gasteiger partial charge in [-0.1, -0.05) is 13.0 Å². The number of hydrogen-bond acceptors (Lipinski definition) is 2. The first-order valence-corrected chi connectivity index (χ1v) is 7.80. The minimum absolute atomic E-state index is 0.0561. The number of benzene rings is 1. The molecule has 1 aromatic carbocycles. The first kappa shape index (κ1) is 16.4. The van der Waals surface area contributed by atoms with E-state index in [4.69, 9.17) is 5.11 Å². The van der Waals surface area contributed by atoms with Crippen molar-refractivity contribution in [2.75, 3.05) is 11.9 Å². The van der Waals surface area contributed by atoms with E-state index in [2.05, 4.69) is 28.2 Å². The van der Waals surface area contributed by atoms with E-state index in [9.17, 15) is 4.79 Å². The Hall–Kier alpha value is -2.01. The summed E-state index contributed by atoms with van der Waals surface area (Å²) in [4.78, 5) is 12.2. The molecular weight excluding hydrogens is 278 g/mol. The second-order valence-electron chi connectivity index (χ2n) is 5.84. The van der Waals surface area contributed by atoms with Gasteiger partial charge in [-0.05, 0) is 50.3 Å². The summed E-state index contributed by atoms with van der Waals surface area (Å²) in [6.07, 6.45) is 3.34. The van der Waals surface area contributed by atoms with Crippen molar-refractivity contribution in [1.29, 1.82) is 0 Å². The minimum Gasteiger partial charge on any atom is -0.396 e. The molecule has 120 valence electrons. The topological polar surface area (TPSA) is 66.3 Å². The SMILES string of the molecule is CCn1ccc2ccc(NC(=O)NC(C)(CC)CCO)cc21. The van der Waals surface area contributed by atoms with E-state index in [1.54, 1.807) is 0 Å². The van der Waals surface area contributed by atoms with Crippen LogP contribution in [0.2, 0.25) is 0 Å². The van der Waals surface area contributed by atoms with E-state index in [-0.39, 0.29) is 12.6 Å². The van der Waals surface area contributed by atoms with E-state index >= 15 is 0 Å². The summed E-state index contributed by atoms with van der Waals surface area (Å²) in [5, 5.41) is 16.1. The summed E-state index contributed by atoms with van der Waals surface area (Å²) < 4.78 is 2.14. The van der Waals surface area contributed by atoms with Gasteiger partial charge in [-0.15, -0.1) is 0 Å². The average molecular weight is 303 g/mol. The first-order valence-electron chi connectivity index (χ1n) is 7.80. The quantitative estimate of drug-likeness (QED) is 0.766. The number of nitrogens with zero attached hydrogens (tertiary/aromatic N) is 1. The van der Waals surface area contributed by atoms with E-state index in [1.807, 2.05) is 38.2 Å². The summed E-state index contributed by atoms with van der Waals surface area (Å²) in [6, 6.07) is 7.71. The highest BCUT2D eigenvalue weighted by atomic mass is 16.3. The zero-order valence-corrected chi connectivity index (χ0v) is 13.5. The fraction of sp³-hybridized carbons (Fsp3) is 0.471. The van der Waals surface area contributed by atoms with Gasteiger partial charge in [-0.3, -0.25) is 0 Å². The molecule has 0 saturated heterocycles. The molecule has 0 spiro atoms. The number of hydrogen-bond donors (Lipinski definition) is 3. The lowest BCUT2D eigenvalue weighted by Gasteiger charge is -2.29. The third kappa shape index (κ3) is 3.60. The molecule has 2 amide bonds. The molecule has 0 aliphatic heterocycles. The van der Waals surface area contributed by atoms with Crippen LogP contribution in [0.4, 0.5) is 10.5 Å². The molecule has 3 N–H and O–H groups in total. The molecule has 1 atom stereocenters. The monoisotopic (exact) mass is 303 g/mol. The summed E-state index contributed by atoms with van der Waals surface area (Å²) in [5.41, 5.74) is 1.47. The van der Waals surface area contributed by atoms with Crippen molar-refractivity contribution in [2.45, 2.75) is 45.7 Å². The van der Waals surface area contributed by atoms with Gasteiger partial charge >= 0.3 is 6.03 Å². The Kier molecular flexibility index (Phi) is 5.08. The number of aromatic nitrogens is 1. The third-order valence-corrected chi connectivity index (χ3v) is 4.23. The van der Waals surface area contributed by atoms with Crippen LogP contribution in [0.15, 0.2) is 30.5 Å². The Morgan fingerprint density at radius 3 is 2.73 bits per heavy atom. The zero-order valence-electron chi connectivity index (χ0n) is 13.5. The van der Waals surface area contributed by atoms with Crippen LogP contribution in [0.5, 0.6) is 0 Å². The fourth-order valence-corrected chi connectivity index (χ4v) is 2.55. The summed E-state index contributed by atoms with van der Waals surface area (Å²) in [5.74, 6) is 0. The van der Waals surface area contributed by atoms with Crippen molar-refractivity contribution in [2.24, 2.45) is 0 Å². The molecule has 0 fully saturated rings. The van der Waals surface area contributed by atoms with Crippen LogP contribution in [-0.4, -0.2) is 27.9 Å². The number of aryl methyl sites for hydroxylation is 1. The van der Waals surface area contributed by atoms with E-state index in [0.29, 0.717) is 6.42 Å². The number of rotatable bonds is 6. The van der Waals surface area contributed by atoms with Crippen LogP contribution in [0.25, 0.3) is 10.9 Å². The molecule has 5 nitrogen and oxygen atoms in total. The maximum absolute atomic E-state index is 12.2. The maximum atomic E-state index is 12.2. The molecule has 5 heteroatoms. The van der Waals surface area contributed by atoms with Crippen LogP contribution in [0.1, 0.15) is 33.6 Å². The highest BCUT2D eigenvalue weighted by Gasteiger charge is 2.23. The second-order valence-corrected chi connectivity index (χ2v) is 5.84. The van der Waals surface area contributed by atoms with Crippen molar-refractivity contribution >= 4 is 22.6 Å². The van der Waals surface area contributed by atoms with Gasteiger partial charge in [0, 0.05) is 30.6 Å². The number of fused-ring (bicyclic) bond motifs is 1. The van der Waals surface area contributed by atoms with Crippen molar-refractivity contribution in [3.05, 3.63) is 30.5 Å². The lowest BCUT2D eigenvalue weighted by molar-refractivity contribution is 0.208. The molecule has 0 radical (unpaired) electrons. The van der Waals surface area contributed by atoms with Crippen molar-refractivity contribution in [1.82, 2.24) is 9.88 Å². The number of amides is 2. The lowest BCUT2D eigenvalue weighted by Crippen LogP contribution is -2.48. The van der Waals surface area contributed by atoms with Gasteiger partial charge in [-0.2, -0.15) is 0 Å². The third-order valence-electron chi connectivity index (χ3n) is 4.23. The number of aliphatic hydroxyl groups excluding tert-OH is 1. The smallest absolute Gasteiger partial charge is 0.319 e. The van der Waals surface area contributed by atoms with Gasteiger partial charge in [0.15, 0.2) is 0 Å². The molecule has 0 saturated carbocycles. The van der Waals surface area contributed by atoms with E-state index < -0.39 is 5.54 Å². The van der Waals surface area contributed by atoms with Crippen LogP contribution in [0.3, 0.4) is 0 Å². The Balaban J connectivity index is 2.11. The number of urea groups is 1. The summed E-state index contributed by atoms with van der Waals surface area (Å²) in [6.45, 7) is 6.97. The standard InChI is InChI=1S/C17H25N3O2/c1-4-17(3,9-11-21)19-16(22)18-14-7-6-13-8-10-20(5-2)15(13)12-14/h6-8,10,12,21H,4-5,9,11H2,1-3H3,(H2,18,19,22). The predicted octanol–water partition coefficient (Wildman–Crippen LogP) is 3.33. The average Bonchev–Trinajstić information content (AvgIpc) is 2.89. The van der Waals surface area contributed by atoms with Crippen LogP contribution in [0, 0.1) is 0 Å². The Bertz CT molecular complexity index is 650. The van der Waals surface area contributed by atoms with Crippen LogP contribution >= 0.6 is 0 Å². The molecule has 1 heterocycles. The normalized spacial score (nSPS) is 13.8. The van der Waals surface area contributed by atoms with Gasteiger partial charge < -0.3 is 20.3 Å². The molecule has 2 rings (SSSR count). The molecule has 22 heavy (non-hydrogen) atoms. The van der Waals surface area contributed by atoms with Crippen molar-refractivity contribution in [3.63, 3.8) is 0 Å². The Morgan fingerprint density at radius 2 is 2.09 bits per heavy atom. The van der Waals surface area contributed by atoms with E-state index in [1.165, 1.54) is 0 Å². The van der Waals surface area contributed by atoms with Crippen molar-refractivity contribution < 1.29 is 9.90 Å². The van der Waals surface area contributed by atoms with Crippen molar-refractivity contribution in [3.8, 4) is 0 Å². The Morgan fingerprint density at radius 1 is 1.32 bits per heavy atom. The summed E-state index contributed by atoms with van der Waals surface area (Å²) >= 11 is 0. The fourth-order valence-electron chi connectivity index (χ4n) is 2.55. The summed E-state index contributed by atoms with van der Waals surface area (Å²) in [7, 11) is 0. The molecule has 0 bridgehead atoms. The molecule has 1 aromatic heterocycles. The number of nitrogens with one attached hydrogen (secondary N) is 2. The second kappa shape index (κ2) is 6.83. The molecule has 0 aliphatic carbocycles. The zero-order chi connectivity index (χ0) is 16.2. The highest BCUT2D eigenvalue weighted by molar-refractivity contribution is 5.93. The van der Waals surface area contributed by atoms with Gasteiger partial charge in [0.1, 0.15) is 0 Å². The van der Waals surface area contributed by atoms with Crippen LogP contribution < -0.4 is 10.6 Å². The largest absolute Gasteiger partial charge is 0.396 e. The van der Waals surface area contributed by atoms with E-state index in [0.717, 1.165) is 29.6 Å².